The van der Waals surface area contributed by atoms with Crippen molar-refractivity contribution in [2.24, 2.45) is 0 Å². The Bertz CT molecular complexity index is 453. The van der Waals surface area contributed by atoms with Crippen molar-refractivity contribution in [3.8, 4) is 5.75 Å². The summed E-state index contributed by atoms with van der Waals surface area (Å²) in [4.78, 5) is 13.6. The van der Waals surface area contributed by atoms with Crippen LogP contribution in [0.2, 0.25) is 5.02 Å². The minimum atomic E-state index is -0.699. The minimum absolute atomic E-state index is 0.124. The molecule has 1 amide bonds. The fourth-order valence-corrected chi connectivity index (χ4v) is 2.04. The predicted octanol–water partition coefficient (Wildman–Crippen LogP) is 1.36. The normalized spacial score (nSPS) is 12.1. The van der Waals surface area contributed by atoms with Crippen LogP contribution in [0, 0.1) is 0 Å². The number of likely N-dealkylation sites (N-methyl/N-ethyl adjacent to an activating group) is 1. The van der Waals surface area contributed by atoms with Crippen LogP contribution in [-0.2, 0) is 16.0 Å². The van der Waals surface area contributed by atoms with E-state index in [0.29, 0.717) is 10.8 Å². The Morgan fingerprint density at radius 1 is 1.45 bits per heavy atom. The average Bonchev–Trinajstić information content (AvgIpc) is 2.39. The SMILES string of the molecule is COCC(O)CN(C)C(=O)Cc1cc(Cl)ccc1OC. The van der Waals surface area contributed by atoms with Gasteiger partial charge >= 0.3 is 0 Å². The van der Waals surface area contributed by atoms with Gasteiger partial charge in [0.05, 0.1) is 26.2 Å². The number of hydrogen-bond acceptors (Lipinski definition) is 4. The summed E-state index contributed by atoms with van der Waals surface area (Å²) in [6.45, 7) is 0.410. The zero-order chi connectivity index (χ0) is 15.1. The molecule has 0 fully saturated rings. The second-order valence-electron chi connectivity index (χ2n) is 4.52. The first kappa shape index (κ1) is 16.8. The minimum Gasteiger partial charge on any atom is -0.496 e. The molecule has 0 saturated heterocycles. The van der Waals surface area contributed by atoms with Crippen LogP contribution >= 0.6 is 11.6 Å². The molecule has 0 saturated carbocycles. The van der Waals surface area contributed by atoms with E-state index in [1.165, 1.54) is 12.0 Å². The number of rotatable bonds is 7. The van der Waals surface area contributed by atoms with E-state index in [1.54, 1.807) is 32.4 Å². The fraction of sp³-hybridized carbons (Fsp3) is 0.500. The average molecular weight is 302 g/mol. The maximum atomic E-state index is 12.1. The molecule has 1 unspecified atom stereocenters. The van der Waals surface area contributed by atoms with E-state index in [9.17, 15) is 9.90 Å². The largest absolute Gasteiger partial charge is 0.496 e. The van der Waals surface area contributed by atoms with Crippen LogP contribution in [0.4, 0.5) is 0 Å². The molecule has 1 rings (SSSR count). The van der Waals surface area contributed by atoms with E-state index >= 15 is 0 Å². The first-order chi connectivity index (χ1) is 9.47. The van der Waals surface area contributed by atoms with Gasteiger partial charge in [-0.15, -0.1) is 0 Å². The van der Waals surface area contributed by atoms with Crippen LogP contribution in [0.1, 0.15) is 5.56 Å². The third-order valence-corrected chi connectivity index (χ3v) is 3.09. The van der Waals surface area contributed by atoms with Crippen molar-refractivity contribution in [2.75, 3.05) is 34.4 Å². The molecule has 1 aromatic carbocycles. The van der Waals surface area contributed by atoms with E-state index in [4.69, 9.17) is 21.1 Å². The zero-order valence-electron chi connectivity index (χ0n) is 11.9. The summed E-state index contributed by atoms with van der Waals surface area (Å²) >= 11 is 5.93. The number of halogens is 1. The molecule has 6 heteroatoms. The Balaban J connectivity index is 2.68. The van der Waals surface area contributed by atoms with Crippen LogP contribution in [0.15, 0.2) is 18.2 Å². The maximum absolute atomic E-state index is 12.1. The van der Waals surface area contributed by atoms with E-state index in [-0.39, 0.29) is 25.5 Å². The molecule has 1 atom stereocenters. The molecule has 0 aliphatic rings. The van der Waals surface area contributed by atoms with Gasteiger partial charge in [0.25, 0.3) is 0 Å². The fourth-order valence-electron chi connectivity index (χ4n) is 1.85. The lowest BCUT2D eigenvalue weighted by Gasteiger charge is -2.21. The van der Waals surface area contributed by atoms with E-state index in [2.05, 4.69) is 0 Å². The van der Waals surface area contributed by atoms with E-state index < -0.39 is 6.10 Å². The lowest BCUT2D eigenvalue weighted by atomic mass is 10.1. The van der Waals surface area contributed by atoms with Gasteiger partial charge in [0.15, 0.2) is 0 Å². The Labute approximate surface area is 124 Å². The Morgan fingerprint density at radius 3 is 2.75 bits per heavy atom. The monoisotopic (exact) mass is 301 g/mol. The molecule has 0 bridgehead atoms. The molecule has 0 radical (unpaired) electrons. The predicted molar refractivity (Wildman–Crippen MR) is 77.2 cm³/mol. The molecule has 20 heavy (non-hydrogen) atoms. The molecular weight excluding hydrogens is 282 g/mol. The van der Waals surface area contributed by atoms with Crippen molar-refractivity contribution in [1.29, 1.82) is 0 Å². The standard InChI is InChI=1S/C14H20ClNO4/c1-16(8-12(17)9-19-2)14(18)7-10-6-11(15)4-5-13(10)20-3/h4-6,12,17H,7-9H2,1-3H3. The van der Waals surface area contributed by atoms with Crippen molar-refractivity contribution in [2.45, 2.75) is 12.5 Å². The first-order valence-corrected chi connectivity index (χ1v) is 6.59. The maximum Gasteiger partial charge on any atom is 0.226 e. The summed E-state index contributed by atoms with van der Waals surface area (Å²) in [5.41, 5.74) is 0.720. The van der Waals surface area contributed by atoms with Gasteiger partial charge in [-0.05, 0) is 18.2 Å². The number of aliphatic hydroxyl groups excluding tert-OH is 1. The van der Waals surface area contributed by atoms with Gasteiger partial charge in [0.1, 0.15) is 5.75 Å². The van der Waals surface area contributed by atoms with Gasteiger partial charge in [-0.25, -0.2) is 0 Å². The molecule has 0 aromatic heterocycles. The van der Waals surface area contributed by atoms with Crippen molar-refractivity contribution >= 4 is 17.5 Å². The second kappa shape index (κ2) is 8.09. The highest BCUT2D eigenvalue weighted by Gasteiger charge is 2.16. The van der Waals surface area contributed by atoms with E-state index in [1.807, 2.05) is 0 Å². The smallest absolute Gasteiger partial charge is 0.226 e. The van der Waals surface area contributed by atoms with Crippen LogP contribution in [0.3, 0.4) is 0 Å². The molecule has 0 heterocycles. The topological polar surface area (TPSA) is 59.0 Å². The third kappa shape index (κ3) is 5.00. The van der Waals surface area contributed by atoms with Crippen molar-refractivity contribution in [1.82, 2.24) is 4.90 Å². The molecular formula is C14H20ClNO4. The van der Waals surface area contributed by atoms with Gasteiger partial charge in [0.2, 0.25) is 5.91 Å². The number of benzene rings is 1. The molecule has 0 spiro atoms. The van der Waals surface area contributed by atoms with Crippen LogP contribution in [0.25, 0.3) is 0 Å². The number of carbonyl (C=O) groups excluding carboxylic acids is 1. The quantitative estimate of drug-likeness (QED) is 0.826. The summed E-state index contributed by atoms with van der Waals surface area (Å²) in [5, 5.41) is 10.2. The van der Waals surface area contributed by atoms with Crippen LogP contribution < -0.4 is 4.74 Å². The highest BCUT2D eigenvalue weighted by Crippen LogP contribution is 2.23. The van der Waals surface area contributed by atoms with Crippen molar-refractivity contribution < 1.29 is 19.4 Å². The number of amides is 1. The summed E-state index contributed by atoms with van der Waals surface area (Å²) in [5.74, 6) is 0.495. The zero-order valence-corrected chi connectivity index (χ0v) is 12.7. The van der Waals surface area contributed by atoms with Gasteiger partial charge in [-0.2, -0.15) is 0 Å². The summed E-state index contributed by atoms with van der Waals surface area (Å²) in [7, 11) is 4.68. The first-order valence-electron chi connectivity index (χ1n) is 6.21. The van der Waals surface area contributed by atoms with Gasteiger partial charge in [0, 0.05) is 31.3 Å². The number of nitrogens with zero attached hydrogens (tertiary/aromatic N) is 1. The van der Waals surface area contributed by atoms with Gasteiger partial charge in [-0.1, -0.05) is 11.6 Å². The molecule has 5 nitrogen and oxygen atoms in total. The molecule has 0 aliphatic heterocycles. The summed E-state index contributed by atoms with van der Waals surface area (Å²) in [6, 6.07) is 5.14. The Kier molecular flexibility index (Phi) is 6.78. The second-order valence-corrected chi connectivity index (χ2v) is 4.95. The number of carbonyl (C=O) groups is 1. The Hall–Kier alpha value is -1.30. The third-order valence-electron chi connectivity index (χ3n) is 2.85. The number of aliphatic hydroxyl groups is 1. The van der Waals surface area contributed by atoms with Crippen molar-refractivity contribution in [3.05, 3.63) is 28.8 Å². The molecule has 112 valence electrons. The summed E-state index contributed by atoms with van der Waals surface area (Å²) in [6.07, 6.45) is -0.532. The lowest BCUT2D eigenvalue weighted by molar-refractivity contribution is -0.130. The van der Waals surface area contributed by atoms with Crippen molar-refractivity contribution in [3.63, 3.8) is 0 Å². The van der Waals surface area contributed by atoms with Gasteiger partial charge in [-0.3, -0.25) is 4.79 Å². The van der Waals surface area contributed by atoms with E-state index in [0.717, 1.165) is 5.56 Å². The number of hydrogen-bond donors (Lipinski definition) is 1. The highest BCUT2D eigenvalue weighted by atomic mass is 35.5. The molecule has 1 N–H and O–H groups in total. The van der Waals surface area contributed by atoms with Crippen LogP contribution in [-0.4, -0.2) is 56.4 Å². The van der Waals surface area contributed by atoms with Crippen LogP contribution in [0.5, 0.6) is 5.75 Å². The number of ether oxygens (including phenoxy) is 2. The lowest BCUT2D eigenvalue weighted by Crippen LogP contribution is -2.37. The van der Waals surface area contributed by atoms with Gasteiger partial charge < -0.3 is 19.5 Å². The highest BCUT2D eigenvalue weighted by molar-refractivity contribution is 6.30. The summed E-state index contributed by atoms with van der Waals surface area (Å²) < 4.78 is 10.0. The molecule has 1 aromatic rings. The molecule has 0 aliphatic carbocycles. The number of methoxy groups -OCH3 is 2. The Morgan fingerprint density at radius 2 is 2.15 bits per heavy atom.